The molecule has 1 unspecified atom stereocenters. The lowest BCUT2D eigenvalue weighted by molar-refractivity contribution is 0.156. The van der Waals surface area contributed by atoms with Crippen molar-refractivity contribution in [3.8, 4) is 0 Å². The first-order valence-electron chi connectivity index (χ1n) is 3.30. The van der Waals surface area contributed by atoms with Gasteiger partial charge in [-0.1, -0.05) is 12.1 Å². The van der Waals surface area contributed by atoms with Gasteiger partial charge in [-0.25, -0.2) is 13.2 Å². The highest BCUT2D eigenvalue weighted by molar-refractivity contribution is 5.23. The van der Waals surface area contributed by atoms with E-state index in [0.717, 1.165) is 18.2 Å². The van der Waals surface area contributed by atoms with Gasteiger partial charge in [-0.15, -0.1) is 0 Å². The monoisotopic (exact) mass is 195 g/mol. The quantitative estimate of drug-likeness (QED) is 0.634. The molecule has 5 heteroatoms. The van der Waals surface area contributed by atoms with Crippen LogP contribution in [0, 0.1) is 18.1 Å². The predicted molar refractivity (Wildman–Crippen MR) is 35.7 cm³/mol. The van der Waals surface area contributed by atoms with E-state index in [0.29, 0.717) is 0 Å². The number of rotatable bonds is 2. The van der Waals surface area contributed by atoms with Gasteiger partial charge in [0.2, 0.25) is 0 Å². The second-order valence-corrected chi connectivity index (χ2v) is 2.30. The van der Waals surface area contributed by atoms with Crippen LogP contribution in [0.1, 0.15) is 11.7 Å². The van der Waals surface area contributed by atoms with E-state index in [1.54, 1.807) is 0 Å². The molecule has 0 aliphatic heterocycles. The van der Waals surface area contributed by atoms with E-state index < -0.39 is 29.8 Å². The van der Waals surface area contributed by atoms with Crippen LogP contribution in [0.3, 0.4) is 0 Å². The van der Waals surface area contributed by atoms with Gasteiger partial charge in [0.1, 0.15) is 0 Å². The fourth-order valence-electron chi connectivity index (χ4n) is 0.834. The smallest absolute Gasteiger partial charge is 0.235 e. The van der Waals surface area contributed by atoms with Crippen LogP contribution in [0.25, 0.3) is 0 Å². The summed E-state index contributed by atoms with van der Waals surface area (Å²) in [6.45, 7) is 0. The summed E-state index contributed by atoms with van der Waals surface area (Å²) < 4.78 is 60.9. The summed E-state index contributed by atoms with van der Waals surface area (Å²) in [7, 11) is 0. The van der Waals surface area contributed by atoms with Crippen LogP contribution in [-0.4, -0.2) is 0 Å². The zero-order valence-corrected chi connectivity index (χ0v) is 6.20. The molecule has 1 radical (unpaired) electrons. The van der Waals surface area contributed by atoms with Gasteiger partial charge in [-0.2, -0.15) is 8.78 Å². The van der Waals surface area contributed by atoms with Crippen molar-refractivity contribution in [3.05, 3.63) is 41.8 Å². The largest absolute Gasteiger partial charge is 0.348 e. The minimum atomic E-state index is -2.87. The molecule has 0 N–H and O–H groups in total. The maximum atomic E-state index is 12.7. The summed E-state index contributed by atoms with van der Waals surface area (Å²) in [5, 5.41) is 0. The standard InChI is InChI=1S/C8H4F5/c9-5-3-1-2-4(6(5)10)7(11)8(12)13/h1-3,7H. The molecular formula is C8H4F5. The molecule has 0 bridgehead atoms. The van der Waals surface area contributed by atoms with Crippen molar-refractivity contribution in [2.75, 3.05) is 0 Å². The molecule has 0 nitrogen and oxygen atoms in total. The highest BCUT2D eigenvalue weighted by Crippen LogP contribution is 2.32. The van der Waals surface area contributed by atoms with E-state index in [1.165, 1.54) is 0 Å². The fourth-order valence-corrected chi connectivity index (χ4v) is 0.834. The number of alkyl halides is 1. The Morgan fingerprint density at radius 1 is 1.15 bits per heavy atom. The van der Waals surface area contributed by atoms with Crippen molar-refractivity contribution >= 4 is 0 Å². The summed E-state index contributed by atoms with van der Waals surface area (Å²) in [6, 6.07) is 2.45. The Morgan fingerprint density at radius 2 is 1.77 bits per heavy atom. The first-order chi connectivity index (χ1) is 6.04. The molecule has 0 heterocycles. The third-order valence-electron chi connectivity index (χ3n) is 1.45. The lowest BCUT2D eigenvalue weighted by Gasteiger charge is -2.06. The van der Waals surface area contributed by atoms with Crippen LogP contribution >= 0.6 is 0 Å². The van der Waals surface area contributed by atoms with Crippen LogP contribution in [0.5, 0.6) is 0 Å². The minimum Gasteiger partial charge on any atom is -0.235 e. The second-order valence-electron chi connectivity index (χ2n) is 2.30. The van der Waals surface area contributed by atoms with Crippen LogP contribution in [0.4, 0.5) is 22.0 Å². The molecule has 0 saturated carbocycles. The van der Waals surface area contributed by atoms with Crippen LogP contribution in [0.15, 0.2) is 18.2 Å². The van der Waals surface area contributed by atoms with E-state index in [4.69, 9.17) is 0 Å². The lowest BCUT2D eigenvalue weighted by atomic mass is 10.1. The fraction of sp³-hybridized carbons (Fsp3) is 0.125. The van der Waals surface area contributed by atoms with Gasteiger partial charge in [0.05, 0.1) is 0 Å². The van der Waals surface area contributed by atoms with E-state index in [-0.39, 0.29) is 0 Å². The highest BCUT2D eigenvalue weighted by Gasteiger charge is 2.27. The average molecular weight is 195 g/mol. The Balaban J connectivity index is 3.07. The van der Waals surface area contributed by atoms with Crippen molar-refractivity contribution in [1.82, 2.24) is 0 Å². The summed E-state index contributed by atoms with van der Waals surface area (Å²) in [4.78, 5) is 0. The van der Waals surface area contributed by atoms with E-state index in [9.17, 15) is 22.0 Å². The third-order valence-corrected chi connectivity index (χ3v) is 1.45. The zero-order chi connectivity index (χ0) is 10.0. The van der Waals surface area contributed by atoms with Crippen LogP contribution in [-0.2, 0) is 0 Å². The van der Waals surface area contributed by atoms with Crippen molar-refractivity contribution in [1.29, 1.82) is 0 Å². The van der Waals surface area contributed by atoms with Crippen LogP contribution in [0.2, 0.25) is 0 Å². The topological polar surface area (TPSA) is 0 Å². The molecule has 71 valence electrons. The molecule has 0 aliphatic rings. The molecule has 13 heavy (non-hydrogen) atoms. The Hall–Kier alpha value is -1.13. The molecule has 0 fully saturated rings. The van der Waals surface area contributed by atoms with Crippen molar-refractivity contribution in [2.45, 2.75) is 6.17 Å². The first kappa shape index (κ1) is 9.95. The maximum absolute atomic E-state index is 12.7. The van der Waals surface area contributed by atoms with Crippen molar-refractivity contribution in [2.24, 2.45) is 0 Å². The maximum Gasteiger partial charge on any atom is 0.348 e. The third kappa shape index (κ3) is 1.96. The molecule has 0 aliphatic carbocycles. The molecule has 1 rings (SSSR count). The molecule has 0 spiro atoms. The van der Waals surface area contributed by atoms with Gasteiger partial charge in [-0.05, 0) is 6.07 Å². The van der Waals surface area contributed by atoms with Gasteiger partial charge in [0.25, 0.3) is 0 Å². The highest BCUT2D eigenvalue weighted by atomic mass is 19.3. The number of halogens is 5. The molecule has 1 aromatic rings. The number of hydrogen-bond donors (Lipinski definition) is 0. The van der Waals surface area contributed by atoms with Gasteiger partial charge in [0.15, 0.2) is 17.8 Å². The Labute approximate surface area is 71.0 Å². The summed E-state index contributed by atoms with van der Waals surface area (Å²) in [5.41, 5.74) is -0.986. The molecule has 1 atom stereocenters. The summed E-state index contributed by atoms with van der Waals surface area (Å²) >= 11 is 0. The molecular weight excluding hydrogens is 191 g/mol. The number of benzene rings is 1. The first-order valence-corrected chi connectivity index (χ1v) is 3.30. The van der Waals surface area contributed by atoms with Crippen molar-refractivity contribution < 1.29 is 22.0 Å². The van der Waals surface area contributed by atoms with Crippen LogP contribution < -0.4 is 0 Å². The number of hydrogen-bond acceptors (Lipinski definition) is 0. The van der Waals surface area contributed by atoms with Gasteiger partial charge in [0, 0.05) is 5.56 Å². The Bertz CT molecular complexity index is 297. The SMILES string of the molecule is F[C](F)C(F)c1cccc(F)c1F. The van der Waals surface area contributed by atoms with E-state index >= 15 is 0 Å². The average Bonchev–Trinajstić information content (AvgIpc) is 2.08. The summed E-state index contributed by atoms with van der Waals surface area (Å²) in [5.74, 6) is -2.93. The minimum absolute atomic E-state index is 0.724. The zero-order valence-electron chi connectivity index (χ0n) is 6.20. The Morgan fingerprint density at radius 3 is 2.31 bits per heavy atom. The second kappa shape index (κ2) is 3.72. The van der Waals surface area contributed by atoms with E-state index in [2.05, 4.69) is 0 Å². The Kier molecular flexibility index (Phi) is 2.85. The van der Waals surface area contributed by atoms with Gasteiger partial charge in [-0.3, -0.25) is 0 Å². The lowest BCUT2D eigenvalue weighted by Crippen LogP contribution is -2.01. The normalized spacial score (nSPS) is 13.4. The summed E-state index contributed by atoms with van der Waals surface area (Å²) in [6.07, 6.45) is -5.46. The van der Waals surface area contributed by atoms with Gasteiger partial charge < -0.3 is 0 Å². The predicted octanol–water partition coefficient (Wildman–Crippen LogP) is 3.40. The molecule has 1 aromatic carbocycles. The van der Waals surface area contributed by atoms with E-state index in [1.807, 2.05) is 0 Å². The van der Waals surface area contributed by atoms with Gasteiger partial charge >= 0.3 is 6.43 Å². The molecule has 0 amide bonds. The van der Waals surface area contributed by atoms with Crippen molar-refractivity contribution in [3.63, 3.8) is 0 Å². The molecule has 0 saturated heterocycles. The molecule has 0 aromatic heterocycles.